The highest BCUT2D eigenvalue weighted by molar-refractivity contribution is 5.24. The largest absolute Gasteiger partial charge is 0.376 e. The number of rotatable bonds is 14. The van der Waals surface area contributed by atoms with Crippen LogP contribution in [0.25, 0.3) is 10.4 Å². The van der Waals surface area contributed by atoms with E-state index in [1.54, 1.807) is 0 Å². The van der Waals surface area contributed by atoms with Gasteiger partial charge in [-0.15, -0.1) is 0 Å². The molecule has 0 unspecified atom stereocenters. The van der Waals surface area contributed by atoms with Gasteiger partial charge in [-0.05, 0) is 27.8 Å². The summed E-state index contributed by atoms with van der Waals surface area (Å²) in [6, 6.07) is 39.8. The van der Waals surface area contributed by atoms with Crippen molar-refractivity contribution in [3.8, 4) is 0 Å². The molecule has 0 N–H and O–H groups in total. The number of benzene rings is 4. The van der Waals surface area contributed by atoms with E-state index in [1.807, 2.05) is 133 Å². The molecule has 1 aliphatic rings. The molecule has 4 aromatic rings. The molecule has 4 aromatic carbocycles. The van der Waals surface area contributed by atoms with Crippen molar-refractivity contribution in [3.05, 3.63) is 166 Å². The van der Waals surface area contributed by atoms with Crippen molar-refractivity contribution in [2.45, 2.75) is 50.3 Å². The summed E-state index contributed by atoms with van der Waals surface area (Å²) in [6.45, 7) is 1.51. The zero-order chi connectivity index (χ0) is 28.9. The van der Waals surface area contributed by atoms with Crippen molar-refractivity contribution in [2.75, 3.05) is 6.61 Å². The fraction of sp³-hybridized carbons (Fsp3) is 0.257. The van der Waals surface area contributed by atoms with Crippen molar-refractivity contribution in [2.24, 2.45) is 5.11 Å². The number of hydrogen-bond donors (Lipinski definition) is 0. The molecule has 0 aliphatic heterocycles. The van der Waals surface area contributed by atoms with E-state index in [1.165, 1.54) is 0 Å². The molecule has 0 saturated heterocycles. The van der Waals surface area contributed by atoms with Gasteiger partial charge in [0, 0.05) is 4.91 Å². The quantitative estimate of drug-likeness (QED) is 0.0687. The molecule has 0 saturated carbocycles. The van der Waals surface area contributed by atoms with Gasteiger partial charge < -0.3 is 18.9 Å². The maximum Gasteiger partial charge on any atom is 0.119 e. The summed E-state index contributed by atoms with van der Waals surface area (Å²) in [4.78, 5) is 3.25. The maximum atomic E-state index is 9.76. The van der Waals surface area contributed by atoms with Crippen molar-refractivity contribution < 1.29 is 18.9 Å². The van der Waals surface area contributed by atoms with Crippen molar-refractivity contribution in [1.82, 2.24) is 0 Å². The molecule has 214 valence electrons. The first-order chi connectivity index (χ1) is 20.8. The molecule has 1 aliphatic carbocycles. The van der Waals surface area contributed by atoms with E-state index >= 15 is 0 Å². The van der Waals surface area contributed by atoms with Crippen LogP contribution in [0.5, 0.6) is 0 Å². The normalized spacial score (nSPS) is 21.5. The summed E-state index contributed by atoms with van der Waals surface area (Å²) in [7, 11) is 0. The molecule has 42 heavy (non-hydrogen) atoms. The summed E-state index contributed by atoms with van der Waals surface area (Å²) in [5.41, 5.74) is 12.7. The monoisotopic (exact) mass is 561 g/mol. The van der Waals surface area contributed by atoms with Gasteiger partial charge >= 0.3 is 0 Å². The van der Waals surface area contributed by atoms with Crippen LogP contribution in [0.15, 0.2) is 139 Å². The van der Waals surface area contributed by atoms with Gasteiger partial charge in [0.15, 0.2) is 0 Å². The van der Waals surface area contributed by atoms with Crippen LogP contribution in [-0.2, 0) is 45.4 Å². The minimum Gasteiger partial charge on any atom is -0.376 e. The van der Waals surface area contributed by atoms with Gasteiger partial charge in [-0.1, -0.05) is 139 Å². The van der Waals surface area contributed by atoms with Crippen molar-refractivity contribution >= 4 is 0 Å². The van der Waals surface area contributed by atoms with Gasteiger partial charge in [-0.2, -0.15) is 0 Å². The fourth-order valence-corrected chi connectivity index (χ4v) is 5.03. The average molecular weight is 562 g/mol. The molecule has 7 heteroatoms. The third-order valence-corrected chi connectivity index (χ3v) is 7.21. The van der Waals surface area contributed by atoms with Crippen LogP contribution in [0.3, 0.4) is 0 Å². The summed E-state index contributed by atoms with van der Waals surface area (Å²) >= 11 is 0. The molecule has 0 fully saturated rings. The number of hydrogen-bond acceptors (Lipinski definition) is 5. The smallest absolute Gasteiger partial charge is 0.119 e. The van der Waals surface area contributed by atoms with E-state index in [-0.39, 0.29) is 6.61 Å². The van der Waals surface area contributed by atoms with Crippen molar-refractivity contribution in [1.29, 1.82) is 0 Å². The first-order valence-corrected chi connectivity index (χ1v) is 14.1. The Labute approximate surface area is 247 Å². The molecule has 0 bridgehead atoms. The lowest BCUT2D eigenvalue weighted by Crippen LogP contribution is -2.58. The van der Waals surface area contributed by atoms with Gasteiger partial charge in [-0.25, -0.2) is 0 Å². The highest BCUT2D eigenvalue weighted by Gasteiger charge is 2.49. The van der Waals surface area contributed by atoms with Crippen molar-refractivity contribution in [3.63, 3.8) is 0 Å². The Hall–Kier alpha value is -4.23. The van der Waals surface area contributed by atoms with Crippen LogP contribution in [0, 0.1) is 0 Å². The predicted octanol–water partition coefficient (Wildman–Crippen LogP) is 7.58. The van der Waals surface area contributed by atoms with E-state index in [0.29, 0.717) is 26.4 Å². The summed E-state index contributed by atoms with van der Waals surface area (Å²) in [5.74, 6) is 0. The van der Waals surface area contributed by atoms with Gasteiger partial charge in [0.1, 0.15) is 23.9 Å². The molecule has 0 amide bonds. The van der Waals surface area contributed by atoms with Crippen LogP contribution in [-0.4, -0.2) is 30.5 Å². The van der Waals surface area contributed by atoms with Crippen LogP contribution < -0.4 is 0 Å². The van der Waals surface area contributed by atoms with Crippen LogP contribution in [0.1, 0.15) is 22.3 Å². The third kappa shape index (κ3) is 7.95. The molecular formula is C35H35N3O4. The minimum absolute atomic E-state index is 0.110. The van der Waals surface area contributed by atoms with Gasteiger partial charge in [-0.3, -0.25) is 0 Å². The SMILES string of the molecule is [N-]=[N+]=N[C@]1(COCc2ccccc2)C=C[C@H](OCc2ccccc2)[C@@H](OCc2ccccc2)[C@H]1OCc1ccccc1. The van der Waals surface area contributed by atoms with E-state index in [9.17, 15) is 5.53 Å². The topological polar surface area (TPSA) is 85.7 Å². The summed E-state index contributed by atoms with van der Waals surface area (Å²) in [5, 5.41) is 4.31. The Balaban J connectivity index is 1.45. The Kier molecular flexibility index (Phi) is 10.5. The first kappa shape index (κ1) is 29.3. The van der Waals surface area contributed by atoms with Crippen LogP contribution in [0.2, 0.25) is 0 Å². The van der Waals surface area contributed by atoms with Crippen LogP contribution in [0.4, 0.5) is 0 Å². The molecular weight excluding hydrogens is 526 g/mol. The van der Waals surface area contributed by atoms with E-state index in [4.69, 9.17) is 18.9 Å². The molecule has 7 nitrogen and oxygen atoms in total. The molecule has 0 aromatic heterocycles. The maximum absolute atomic E-state index is 9.76. The predicted molar refractivity (Wildman–Crippen MR) is 162 cm³/mol. The highest BCUT2D eigenvalue weighted by Crippen LogP contribution is 2.35. The average Bonchev–Trinajstić information content (AvgIpc) is 3.05. The van der Waals surface area contributed by atoms with Crippen LogP contribution >= 0.6 is 0 Å². The number of ether oxygens (including phenoxy) is 4. The lowest BCUT2D eigenvalue weighted by atomic mass is 9.82. The standard InChI is InChI=1S/C35H35N3O4/c36-38-37-35(27-39-23-28-13-5-1-6-14-28)22-21-32(40-24-29-15-7-2-8-16-29)33(41-25-30-17-9-3-10-18-30)34(35)42-26-31-19-11-4-12-20-31/h1-22,32-34H,23-27H2/t32-,33+,34+,35-/m0/s1. The summed E-state index contributed by atoms with van der Waals surface area (Å²) in [6.07, 6.45) is 2.05. The number of nitrogens with zero attached hydrogens (tertiary/aromatic N) is 3. The van der Waals surface area contributed by atoms with Gasteiger partial charge in [0.05, 0.1) is 33.0 Å². The molecule has 4 atom stereocenters. The Morgan fingerprint density at radius 1 is 0.595 bits per heavy atom. The molecule has 0 spiro atoms. The zero-order valence-corrected chi connectivity index (χ0v) is 23.4. The second-order valence-electron chi connectivity index (χ2n) is 10.3. The fourth-order valence-electron chi connectivity index (χ4n) is 5.03. The highest BCUT2D eigenvalue weighted by atomic mass is 16.6. The Morgan fingerprint density at radius 3 is 1.55 bits per heavy atom. The van der Waals surface area contributed by atoms with E-state index < -0.39 is 23.9 Å². The lowest BCUT2D eigenvalue weighted by molar-refractivity contribution is -0.166. The number of azide groups is 1. The minimum atomic E-state index is -1.16. The third-order valence-electron chi connectivity index (χ3n) is 7.21. The second kappa shape index (κ2) is 15.1. The molecule has 0 radical (unpaired) electrons. The Morgan fingerprint density at radius 2 is 1.05 bits per heavy atom. The first-order valence-electron chi connectivity index (χ1n) is 14.1. The van der Waals surface area contributed by atoms with Gasteiger partial charge in [0.25, 0.3) is 0 Å². The lowest BCUT2D eigenvalue weighted by Gasteiger charge is -2.44. The molecule has 0 heterocycles. The Bertz CT molecular complexity index is 1430. The molecule has 5 rings (SSSR count). The van der Waals surface area contributed by atoms with Gasteiger partial charge in [0.2, 0.25) is 0 Å². The van der Waals surface area contributed by atoms with E-state index in [0.717, 1.165) is 22.3 Å². The second-order valence-corrected chi connectivity index (χ2v) is 10.3. The van der Waals surface area contributed by atoms with E-state index in [2.05, 4.69) is 10.0 Å². The summed E-state index contributed by atoms with van der Waals surface area (Å²) < 4.78 is 25.8. The zero-order valence-electron chi connectivity index (χ0n) is 23.4.